The van der Waals surface area contributed by atoms with Crippen LogP contribution in [0.15, 0.2) is 30.3 Å². The number of carbonyl (C=O) groups is 1. The molecule has 0 aliphatic heterocycles. The predicted molar refractivity (Wildman–Crippen MR) is 79.1 cm³/mol. The molecule has 1 aromatic carbocycles. The summed E-state index contributed by atoms with van der Waals surface area (Å²) in [6.07, 6.45) is 0. The van der Waals surface area contributed by atoms with Crippen molar-refractivity contribution in [1.82, 2.24) is 10.3 Å². The third-order valence-electron chi connectivity index (χ3n) is 2.73. The average molecular weight is 313 g/mol. The number of aromatic nitrogens is 1. The summed E-state index contributed by atoms with van der Waals surface area (Å²) in [6.45, 7) is 0.967. The average Bonchev–Trinajstić information content (AvgIpc) is 2.77. The Hall–Kier alpha value is -1.49. The zero-order valence-corrected chi connectivity index (χ0v) is 12.4. The molecule has 1 heterocycles. The van der Waals surface area contributed by atoms with E-state index in [9.17, 15) is 4.79 Å². The van der Waals surface area contributed by atoms with Gasteiger partial charge < -0.3 is 15.0 Å². The fraction of sp³-hybridized carbons (Fsp3) is 0.214. The van der Waals surface area contributed by atoms with Crippen LogP contribution in [-0.4, -0.2) is 18.0 Å². The molecule has 0 unspecified atom stereocenters. The van der Waals surface area contributed by atoms with E-state index in [2.05, 4.69) is 10.3 Å². The Morgan fingerprint density at radius 1 is 1.30 bits per heavy atom. The van der Waals surface area contributed by atoms with Gasteiger partial charge in [-0.25, -0.2) is 0 Å². The minimum atomic E-state index is -0.254. The van der Waals surface area contributed by atoms with Crippen LogP contribution in [0.2, 0.25) is 10.2 Å². The number of hydrogen-bond acceptors (Lipinski definition) is 2. The zero-order chi connectivity index (χ0) is 14.5. The summed E-state index contributed by atoms with van der Waals surface area (Å²) >= 11 is 11.6. The van der Waals surface area contributed by atoms with Gasteiger partial charge >= 0.3 is 0 Å². The SMILES string of the molecule is COCc1cccc(CNC(=O)c2cc(Cl)c(Cl)[nH]2)c1. The van der Waals surface area contributed by atoms with Crippen molar-refractivity contribution in [2.24, 2.45) is 0 Å². The van der Waals surface area contributed by atoms with Gasteiger partial charge in [-0.05, 0) is 17.2 Å². The van der Waals surface area contributed by atoms with E-state index in [0.717, 1.165) is 11.1 Å². The summed E-state index contributed by atoms with van der Waals surface area (Å²) in [5, 5.41) is 3.39. The number of rotatable bonds is 5. The van der Waals surface area contributed by atoms with Crippen LogP contribution in [0.4, 0.5) is 0 Å². The summed E-state index contributed by atoms with van der Waals surface area (Å²) in [6, 6.07) is 9.32. The fourth-order valence-corrected chi connectivity index (χ4v) is 2.11. The molecule has 2 rings (SSSR count). The summed E-state index contributed by atoms with van der Waals surface area (Å²) in [5.41, 5.74) is 2.40. The van der Waals surface area contributed by atoms with Gasteiger partial charge in [-0.3, -0.25) is 4.79 Å². The van der Waals surface area contributed by atoms with Crippen molar-refractivity contribution in [1.29, 1.82) is 0 Å². The normalized spacial score (nSPS) is 10.6. The number of halogens is 2. The van der Waals surface area contributed by atoms with E-state index >= 15 is 0 Å². The maximum Gasteiger partial charge on any atom is 0.268 e. The van der Waals surface area contributed by atoms with Crippen molar-refractivity contribution in [3.05, 3.63) is 57.3 Å². The van der Waals surface area contributed by atoms with Gasteiger partial charge in [0.25, 0.3) is 5.91 Å². The number of carbonyl (C=O) groups excluding carboxylic acids is 1. The number of aromatic amines is 1. The maximum atomic E-state index is 11.9. The van der Waals surface area contributed by atoms with E-state index in [1.165, 1.54) is 6.07 Å². The number of amides is 1. The molecule has 0 saturated carbocycles. The first-order valence-electron chi connectivity index (χ1n) is 5.99. The maximum absolute atomic E-state index is 11.9. The Labute approximate surface area is 127 Å². The second-order valence-corrected chi connectivity index (χ2v) is 5.07. The second-order valence-electron chi connectivity index (χ2n) is 4.28. The van der Waals surface area contributed by atoms with Gasteiger partial charge in [0.2, 0.25) is 0 Å². The van der Waals surface area contributed by atoms with Gasteiger partial charge in [0.05, 0.1) is 11.6 Å². The zero-order valence-electron chi connectivity index (χ0n) is 10.9. The molecule has 0 aliphatic rings. The Morgan fingerprint density at radius 2 is 2.05 bits per heavy atom. The van der Waals surface area contributed by atoms with Crippen molar-refractivity contribution < 1.29 is 9.53 Å². The van der Waals surface area contributed by atoms with E-state index in [1.54, 1.807) is 7.11 Å². The molecule has 1 amide bonds. The lowest BCUT2D eigenvalue weighted by Gasteiger charge is -2.06. The number of hydrogen-bond donors (Lipinski definition) is 2. The lowest BCUT2D eigenvalue weighted by atomic mass is 10.1. The summed E-state index contributed by atoms with van der Waals surface area (Å²) in [4.78, 5) is 14.6. The quantitative estimate of drug-likeness (QED) is 0.889. The van der Waals surface area contributed by atoms with Crippen LogP contribution in [0.1, 0.15) is 21.6 Å². The van der Waals surface area contributed by atoms with Gasteiger partial charge in [0, 0.05) is 13.7 Å². The molecule has 0 fully saturated rings. The molecule has 4 nitrogen and oxygen atoms in total. The molecule has 20 heavy (non-hydrogen) atoms. The first kappa shape index (κ1) is 14.9. The molecular weight excluding hydrogens is 299 g/mol. The highest BCUT2D eigenvalue weighted by molar-refractivity contribution is 6.41. The van der Waals surface area contributed by atoms with Gasteiger partial charge in [-0.1, -0.05) is 47.5 Å². The molecule has 2 N–H and O–H groups in total. The first-order chi connectivity index (χ1) is 9.60. The molecule has 0 aliphatic carbocycles. The van der Waals surface area contributed by atoms with Gasteiger partial charge in [-0.15, -0.1) is 0 Å². The molecule has 0 atom stereocenters. The highest BCUT2D eigenvalue weighted by Gasteiger charge is 2.11. The van der Waals surface area contributed by atoms with Gasteiger partial charge in [-0.2, -0.15) is 0 Å². The second kappa shape index (κ2) is 6.79. The van der Waals surface area contributed by atoms with Crippen LogP contribution in [0, 0.1) is 0 Å². The molecule has 0 bridgehead atoms. The molecular formula is C14H14Cl2N2O2. The Kier molecular flexibility index (Phi) is 5.06. The van der Waals surface area contributed by atoms with Crippen molar-refractivity contribution in [3.63, 3.8) is 0 Å². The third-order valence-corrected chi connectivity index (χ3v) is 3.42. The van der Waals surface area contributed by atoms with Gasteiger partial charge in [0.15, 0.2) is 0 Å². The lowest BCUT2D eigenvalue weighted by Crippen LogP contribution is -2.23. The number of nitrogens with one attached hydrogen (secondary N) is 2. The van der Waals surface area contributed by atoms with Crippen LogP contribution >= 0.6 is 23.2 Å². The number of benzene rings is 1. The molecule has 2 aromatic rings. The fourth-order valence-electron chi connectivity index (χ4n) is 1.80. The number of ether oxygens (including phenoxy) is 1. The minimum Gasteiger partial charge on any atom is -0.380 e. The molecule has 0 saturated heterocycles. The van der Waals surface area contributed by atoms with E-state index in [4.69, 9.17) is 27.9 Å². The summed E-state index contributed by atoms with van der Waals surface area (Å²) < 4.78 is 5.07. The van der Waals surface area contributed by atoms with E-state index in [0.29, 0.717) is 23.9 Å². The monoisotopic (exact) mass is 312 g/mol. The van der Waals surface area contributed by atoms with Crippen molar-refractivity contribution in [2.75, 3.05) is 7.11 Å². The number of methoxy groups -OCH3 is 1. The summed E-state index contributed by atoms with van der Waals surface area (Å²) in [7, 11) is 1.65. The highest BCUT2D eigenvalue weighted by Crippen LogP contribution is 2.21. The molecule has 106 valence electrons. The van der Waals surface area contributed by atoms with Crippen LogP contribution in [0.3, 0.4) is 0 Å². The van der Waals surface area contributed by atoms with Crippen LogP contribution in [0.5, 0.6) is 0 Å². The molecule has 6 heteroatoms. The Morgan fingerprint density at radius 3 is 2.70 bits per heavy atom. The third kappa shape index (κ3) is 3.76. The van der Waals surface area contributed by atoms with E-state index < -0.39 is 0 Å². The van der Waals surface area contributed by atoms with Crippen LogP contribution in [0.25, 0.3) is 0 Å². The summed E-state index contributed by atoms with van der Waals surface area (Å²) in [5.74, 6) is -0.254. The van der Waals surface area contributed by atoms with Crippen molar-refractivity contribution in [2.45, 2.75) is 13.2 Å². The standard InChI is InChI=1S/C14H14Cl2N2O2/c1-20-8-10-4-2-3-9(5-10)7-17-14(19)12-6-11(15)13(16)18-12/h2-6,18H,7-8H2,1H3,(H,17,19). The smallest absolute Gasteiger partial charge is 0.268 e. The number of H-pyrrole nitrogens is 1. The lowest BCUT2D eigenvalue weighted by molar-refractivity contribution is 0.0946. The molecule has 1 aromatic heterocycles. The topological polar surface area (TPSA) is 54.1 Å². The highest BCUT2D eigenvalue weighted by atomic mass is 35.5. The Bertz CT molecular complexity index is 591. The molecule has 0 radical (unpaired) electrons. The first-order valence-corrected chi connectivity index (χ1v) is 6.74. The minimum absolute atomic E-state index is 0.254. The predicted octanol–water partition coefficient (Wildman–Crippen LogP) is 3.40. The van der Waals surface area contributed by atoms with Gasteiger partial charge in [0.1, 0.15) is 10.8 Å². The van der Waals surface area contributed by atoms with Crippen LogP contribution in [-0.2, 0) is 17.9 Å². The Balaban J connectivity index is 1.97. The van der Waals surface area contributed by atoms with E-state index in [-0.39, 0.29) is 11.1 Å². The van der Waals surface area contributed by atoms with E-state index in [1.807, 2.05) is 24.3 Å². The largest absolute Gasteiger partial charge is 0.380 e. The van der Waals surface area contributed by atoms with Crippen LogP contribution < -0.4 is 5.32 Å². The van der Waals surface area contributed by atoms with Crippen molar-refractivity contribution in [3.8, 4) is 0 Å². The molecule has 0 spiro atoms. The van der Waals surface area contributed by atoms with Crippen molar-refractivity contribution >= 4 is 29.1 Å².